The quantitative estimate of drug-likeness (QED) is 0.418. The summed E-state index contributed by atoms with van der Waals surface area (Å²) >= 11 is 1.43. The molecule has 1 aromatic carbocycles. The lowest BCUT2D eigenvalue weighted by Crippen LogP contribution is -1.97. The van der Waals surface area contributed by atoms with Crippen LogP contribution in [0, 0.1) is 24.0 Å². The van der Waals surface area contributed by atoms with Crippen molar-refractivity contribution in [2.45, 2.75) is 24.8 Å². The zero-order valence-electron chi connectivity index (χ0n) is 12.1. The van der Waals surface area contributed by atoms with Crippen molar-refractivity contribution < 1.29 is 4.92 Å². The Morgan fingerprint density at radius 3 is 2.86 bits per heavy atom. The van der Waals surface area contributed by atoms with E-state index >= 15 is 0 Å². The van der Waals surface area contributed by atoms with Crippen LogP contribution in [0.15, 0.2) is 35.5 Å². The molecule has 0 aliphatic heterocycles. The van der Waals surface area contributed by atoms with Crippen LogP contribution < -0.4 is 0 Å². The normalized spacial score (nSPS) is 11.0. The summed E-state index contributed by atoms with van der Waals surface area (Å²) in [6.07, 6.45) is 0. The summed E-state index contributed by atoms with van der Waals surface area (Å²) in [6.45, 7) is 3.86. The highest BCUT2D eigenvalue weighted by Gasteiger charge is 2.10. The van der Waals surface area contributed by atoms with Gasteiger partial charge in [0.2, 0.25) is 5.16 Å². The standard InChI is InChI=1S/C14H13N5O2S/c1-9-6-10(2)18-13(15-9)16-14(17-18)22-8-11-4-3-5-12(7-11)19(20)21/h3-7H,8H2,1-2H3. The van der Waals surface area contributed by atoms with Crippen LogP contribution in [0.4, 0.5) is 5.69 Å². The second kappa shape index (κ2) is 5.72. The Morgan fingerprint density at radius 2 is 2.09 bits per heavy atom. The highest BCUT2D eigenvalue weighted by Crippen LogP contribution is 2.22. The van der Waals surface area contributed by atoms with Crippen LogP contribution in [0.3, 0.4) is 0 Å². The van der Waals surface area contributed by atoms with E-state index in [1.165, 1.54) is 17.8 Å². The summed E-state index contributed by atoms with van der Waals surface area (Å²) in [6, 6.07) is 8.52. The third-order valence-electron chi connectivity index (χ3n) is 3.09. The third kappa shape index (κ3) is 2.91. The van der Waals surface area contributed by atoms with Crippen molar-refractivity contribution in [3.63, 3.8) is 0 Å². The number of nitrogens with zero attached hydrogens (tertiary/aromatic N) is 5. The van der Waals surface area contributed by atoms with E-state index in [4.69, 9.17) is 0 Å². The highest BCUT2D eigenvalue weighted by atomic mass is 32.2. The number of hydrogen-bond acceptors (Lipinski definition) is 6. The van der Waals surface area contributed by atoms with Crippen molar-refractivity contribution in [2.75, 3.05) is 0 Å². The number of non-ortho nitro benzene ring substituents is 1. The predicted octanol–water partition coefficient (Wildman–Crippen LogP) is 2.94. The molecule has 0 saturated heterocycles. The first-order valence-electron chi connectivity index (χ1n) is 6.60. The first kappa shape index (κ1) is 14.5. The minimum absolute atomic E-state index is 0.0918. The fourth-order valence-electron chi connectivity index (χ4n) is 2.12. The number of nitro benzene ring substituents is 1. The minimum atomic E-state index is -0.395. The topological polar surface area (TPSA) is 86.2 Å². The molecule has 0 unspecified atom stereocenters. The maximum Gasteiger partial charge on any atom is 0.269 e. The Morgan fingerprint density at radius 1 is 1.27 bits per heavy atom. The molecule has 0 saturated carbocycles. The lowest BCUT2D eigenvalue weighted by molar-refractivity contribution is -0.384. The Labute approximate surface area is 130 Å². The molecule has 0 fully saturated rings. The van der Waals surface area contributed by atoms with Gasteiger partial charge in [0.25, 0.3) is 11.5 Å². The van der Waals surface area contributed by atoms with Crippen LogP contribution >= 0.6 is 11.8 Å². The van der Waals surface area contributed by atoms with Gasteiger partial charge in [-0.1, -0.05) is 23.9 Å². The molecule has 112 valence electrons. The molecule has 3 aromatic rings. The van der Waals surface area contributed by atoms with Crippen LogP contribution in [-0.2, 0) is 5.75 Å². The van der Waals surface area contributed by atoms with Crippen LogP contribution in [-0.4, -0.2) is 24.5 Å². The second-order valence-electron chi connectivity index (χ2n) is 4.86. The van der Waals surface area contributed by atoms with E-state index in [2.05, 4.69) is 15.1 Å². The van der Waals surface area contributed by atoms with Gasteiger partial charge in [0.1, 0.15) is 0 Å². The van der Waals surface area contributed by atoms with Gasteiger partial charge < -0.3 is 0 Å². The molecule has 22 heavy (non-hydrogen) atoms. The van der Waals surface area contributed by atoms with Gasteiger partial charge in [0.15, 0.2) is 0 Å². The number of hydrogen-bond donors (Lipinski definition) is 0. The summed E-state index contributed by atoms with van der Waals surface area (Å²) in [5, 5.41) is 15.8. The monoisotopic (exact) mass is 315 g/mol. The average molecular weight is 315 g/mol. The van der Waals surface area contributed by atoms with Gasteiger partial charge in [-0.15, -0.1) is 5.10 Å². The summed E-state index contributed by atoms with van der Waals surface area (Å²) in [5.41, 5.74) is 2.82. The number of thioether (sulfide) groups is 1. The number of nitro groups is 1. The van der Waals surface area contributed by atoms with Gasteiger partial charge in [-0.3, -0.25) is 10.1 Å². The van der Waals surface area contributed by atoms with E-state index in [0.29, 0.717) is 16.7 Å². The van der Waals surface area contributed by atoms with Gasteiger partial charge in [-0.05, 0) is 25.5 Å². The Bertz CT molecular complexity index is 862. The third-order valence-corrected chi connectivity index (χ3v) is 4.00. The maximum absolute atomic E-state index is 10.8. The smallest absolute Gasteiger partial charge is 0.258 e. The van der Waals surface area contributed by atoms with Crippen LogP contribution in [0.1, 0.15) is 17.0 Å². The molecule has 0 N–H and O–H groups in total. The fourth-order valence-corrected chi connectivity index (χ4v) is 2.88. The lowest BCUT2D eigenvalue weighted by Gasteiger charge is -1.98. The van der Waals surface area contributed by atoms with Crippen molar-refractivity contribution in [3.05, 3.63) is 57.4 Å². The van der Waals surface area contributed by atoms with Gasteiger partial charge in [0, 0.05) is 29.3 Å². The van der Waals surface area contributed by atoms with E-state index in [-0.39, 0.29) is 5.69 Å². The molecule has 8 heteroatoms. The molecule has 2 aromatic heterocycles. The molecule has 0 spiro atoms. The largest absolute Gasteiger partial charge is 0.269 e. The number of rotatable bonds is 4. The first-order chi connectivity index (χ1) is 10.5. The van der Waals surface area contributed by atoms with Gasteiger partial charge >= 0.3 is 0 Å². The Hall–Kier alpha value is -2.48. The maximum atomic E-state index is 10.8. The summed E-state index contributed by atoms with van der Waals surface area (Å²) in [4.78, 5) is 19.1. The zero-order chi connectivity index (χ0) is 15.7. The molecule has 0 amide bonds. The molecular formula is C14H13N5O2S. The van der Waals surface area contributed by atoms with Crippen molar-refractivity contribution in [1.29, 1.82) is 0 Å². The minimum Gasteiger partial charge on any atom is -0.258 e. The zero-order valence-corrected chi connectivity index (χ0v) is 12.9. The molecular weight excluding hydrogens is 302 g/mol. The number of fused-ring (bicyclic) bond motifs is 1. The van der Waals surface area contributed by atoms with Gasteiger partial charge in [0.05, 0.1) is 4.92 Å². The Kier molecular flexibility index (Phi) is 3.76. The van der Waals surface area contributed by atoms with E-state index < -0.39 is 4.92 Å². The molecule has 3 rings (SSSR count). The van der Waals surface area contributed by atoms with Crippen molar-refractivity contribution in [1.82, 2.24) is 19.6 Å². The number of aromatic nitrogens is 4. The lowest BCUT2D eigenvalue weighted by atomic mass is 10.2. The van der Waals surface area contributed by atoms with E-state index in [9.17, 15) is 10.1 Å². The van der Waals surface area contributed by atoms with Crippen LogP contribution in [0.25, 0.3) is 5.78 Å². The van der Waals surface area contributed by atoms with E-state index in [1.807, 2.05) is 26.0 Å². The molecule has 0 aliphatic rings. The summed E-state index contributed by atoms with van der Waals surface area (Å²) in [7, 11) is 0. The van der Waals surface area contributed by atoms with Gasteiger partial charge in [-0.2, -0.15) is 4.98 Å². The summed E-state index contributed by atoms with van der Waals surface area (Å²) in [5.74, 6) is 1.13. The molecule has 2 heterocycles. The molecule has 7 nitrogen and oxygen atoms in total. The predicted molar refractivity (Wildman–Crippen MR) is 82.9 cm³/mol. The SMILES string of the molecule is Cc1cc(C)n2nc(SCc3cccc([N+](=O)[O-])c3)nc2n1. The number of aryl methyl sites for hydroxylation is 2. The average Bonchev–Trinajstić information content (AvgIpc) is 2.88. The fraction of sp³-hybridized carbons (Fsp3) is 0.214. The summed E-state index contributed by atoms with van der Waals surface area (Å²) < 4.78 is 1.70. The van der Waals surface area contributed by atoms with Crippen LogP contribution in [0.2, 0.25) is 0 Å². The van der Waals surface area contributed by atoms with E-state index in [1.54, 1.807) is 16.6 Å². The van der Waals surface area contributed by atoms with Crippen molar-refractivity contribution >= 4 is 23.2 Å². The van der Waals surface area contributed by atoms with Crippen molar-refractivity contribution in [2.24, 2.45) is 0 Å². The molecule has 0 atom stereocenters. The Balaban J connectivity index is 1.81. The van der Waals surface area contributed by atoms with Crippen molar-refractivity contribution in [3.8, 4) is 0 Å². The van der Waals surface area contributed by atoms with Crippen LogP contribution in [0.5, 0.6) is 0 Å². The highest BCUT2D eigenvalue weighted by molar-refractivity contribution is 7.98. The second-order valence-corrected chi connectivity index (χ2v) is 5.80. The molecule has 0 radical (unpaired) electrons. The van der Waals surface area contributed by atoms with E-state index in [0.717, 1.165) is 17.0 Å². The van der Waals surface area contributed by atoms with Gasteiger partial charge in [-0.25, -0.2) is 9.50 Å². The first-order valence-corrected chi connectivity index (χ1v) is 7.58. The number of benzene rings is 1. The molecule has 0 bridgehead atoms. The molecule has 0 aliphatic carbocycles.